The van der Waals surface area contributed by atoms with E-state index in [1.807, 2.05) is 18.7 Å². The number of nitrogens with one attached hydrogen (secondary N) is 2. The van der Waals surface area contributed by atoms with E-state index in [1.54, 1.807) is 30.3 Å². The van der Waals surface area contributed by atoms with Gasteiger partial charge in [-0.25, -0.2) is 40.7 Å². The molecule has 1 saturated carbocycles. The molecule has 1 aliphatic carbocycles. The van der Waals surface area contributed by atoms with Crippen LogP contribution in [-0.2, 0) is 34.1 Å². The third kappa shape index (κ3) is 8.83. The van der Waals surface area contributed by atoms with E-state index in [-0.39, 0.29) is 75.5 Å². The maximum Gasteiger partial charge on any atom is 0.405 e. The van der Waals surface area contributed by atoms with Crippen molar-refractivity contribution in [3.05, 3.63) is 111 Å². The van der Waals surface area contributed by atoms with E-state index in [2.05, 4.69) is 15.1 Å². The van der Waals surface area contributed by atoms with Gasteiger partial charge in [-0.2, -0.15) is 5.10 Å². The molecular weight excluding hydrogens is 872 g/mol. The van der Waals surface area contributed by atoms with Gasteiger partial charge in [0.25, 0.3) is 12.0 Å². The number of pyridine rings is 1. The molecular formula is C42H41ClF4N8O7S. The summed E-state index contributed by atoms with van der Waals surface area (Å²) in [5.41, 5.74) is -0.684. The maximum atomic E-state index is 15.0. The summed E-state index contributed by atoms with van der Waals surface area (Å²) in [6.45, 7) is 3.60. The van der Waals surface area contributed by atoms with Crippen molar-refractivity contribution in [2.75, 3.05) is 29.8 Å². The number of methoxy groups -OCH3 is 1. The lowest BCUT2D eigenvalue weighted by Gasteiger charge is -2.36. The minimum atomic E-state index is -4.29. The number of sulfonamides is 1. The molecule has 0 bridgehead atoms. The van der Waals surface area contributed by atoms with Crippen LogP contribution >= 0.6 is 11.6 Å². The second kappa shape index (κ2) is 16.9. The SMILES string of the molecule is COc1ccc(CC2(S(=O)(=O)Nc3nn(CC(F)F)c4c(-n5c([C@H](Cc6cc(F)cc(F)c6)NC(=O)O)nc6nc(N7C[C@@H](C)O[C@@H](C)C7)ccc6c5=O)ccc(Cl)c34)CC2)cc1. The van der Waals surface area contributed by atoms with Gasteiger partial charge in [0.15, 0.2) is 11.5 Å². The number of nitrogens with zero attached hydrogens (tertiary/aromatic N) is 6. The highest BCUT2D eigenvalue weighted by Gasteiger charge is 2.55. The Morgan fingerprint density at radius 3 is 2.30 bits per heavy atom. The van der Waals surface area contributed by atoms with Gasteiger partial charge >= 0.3 is 6.09 Å². The lowest BCUT2D eigenvalue weighted by Crippen LogP contribution is -2.45. The van der Waals surface area contributed by atoms with Crippen LogP contribution < -0.4 is 25.2 Å². The van der Waals surface area contributed by atoms with Crippen molar-refractivity contribution in [1.82, 2.24) is 29.6 Å². The molecule has 0 radical (unpaired) electrons. The molecule has 3 atom stereocenters. The van der Waals surface area contributed by atoms with Gasteiger partial charge in [0.2, 0.25) is 10.0 Å². The Balaban J connectivity index is 1.32. The summed E-state index contributed by atoms with van der Waals surface area (Å²) in [5, 5.41) is 16.4. The average molecular weight is 913 g/mol. The number of aromatic nitrogens is 5. The maximum absolute atomic E-state index is 15.0. The third-order valence-electron chi connectivity index (χ3n) is 11.1. The summed E-state index contributed by atoms with van der Waals surface area (Å²) >= 11 is 6.77. The van der Waals surface area contributed by atoms with Crippen LogP contribution in [0, 0.1) is 11.6 Å². The number of carbonyl (C=O) groups is 1. The highest BCUT2D eigenvalue weighted by molar-refractivity contribution is 7.94. The number of halogens is 5. The molecule has 2 fully saturated rings. The summed E-state index contributed by atoms with van der Waals surface area (Å²) in [6, 6.07) is 13.7. The fourth-order valence-electron chi connectivity index (χ4n) is 8.21. The number of morpholine rings is 1. The van der Waals surface area contributed by atoms with Crippen molar-refractivity contribution in [3.8, 4) is 11.4 Å². The third-order valence-corrected chi connectivity index (χ3v) is 13.6. The molecule has 63 heavy (non-hydrogen) atoms. The first kappa shape index (κ1) is 43.7. The molecule has 0 unspecified atom stereocenters. The molecule has 1 aliphatic heterocycles. The molecule has 3 aromatic heterocycles. The number of ether oxygens (including phenoxy) is 2. The van der Waals surface area contributed by atoms with Crippen LogP contribution in [0.4, 0.5) is 34.0 Å². The molecule has 4 heterocycles. The minimum Gasteiger partial charge on any atom is -0.497 e. The first-order valence-electron chi connectivity index (χ1n) is 19.9. The van der Waals surface area contributed by atoms with E-state index in [0.29, 0.717) is 36.3 Å². The summed E-state index contributed by atoms with van der Waals surface area (Å²) in [4.78, 5) is 38.8. The lowest BCUT2D eigenvalue weighted by molar-refractivity contribution is -0.00545. The van der Waals surface area contributed by atoms with Crippen LogP contribution in [0.1, 0.15) is 49.7 Å². The molecule has 6 aromatic rings. The van der Waals surface area contributed by atoms with Gasteiger partial charge < -0.3 is 24.8 Å². The number of anilines is 2. The molecule has 332 valence electrons. The number of fused-ring (bicyclic) bond motifs is 2. The molecule has 3 N–H and O–H groups in total. The Kier molecular flexibility index (Phi) is 11.7. The van der Waals surface area contributed by atoms with Gasteiger partial charge in [-0.05, 0) is 92.8 Å². The molecule has 0 spiro atoms. The zero-order valence-corrected chi connectivity index (χ0v) is 35.6. The zero-order valence-electron chi connectivity index (χ0n) is 34.0. The number of alkyl halides is 2. The molecule has 15 nitrogen and oxygen atoms in total. The van der Waals surface area contributed by atoms with E-state index < -0.39 is 69.3 Å². The van der Waals surface area contributed by atoms with Crippen molar-refractivity contribution >= 4 is 61.3 Å². The molecule has 1 amide bonds. The molecule has 1 saturated heterocycles. The van der Waals surface area contributed by atoms with Crippen molar-refractivity contribution in [2.24, 2.45) is 0 Å². The van der Waals surface area contributed by atoms with Crippen LogP contribution in [0.15, 0.2) is 71.5 Å². The predicted molar refractivity (Wildman–Crippen MR) is 227 cm³/mol. The lowest BCUT2D eigenvalue weighted by atomic mass is 10.0. The summed E-state index contributed by atoms with van der Waals surface area (Å²) in [7, 11) is -2.78. The van der Waals surface area contributed by atoms with Crippen molar-refractivity contribution in [1.29, 1.82) is 0 Å². The van der Waals surface area contributed by atoms with Gasteiger partial charge in [-0.3, -0.25) is 18.8 Å². The normalized spacial score (nSPS) is 17.9. The highest BCUT2D eigenvalue weighted by atomic mass is 35.5. The van der Waals surface area contributed by atoms with E-state index >= 15 is 0 Å². The van der Waals surface area contributed by atoms with E-state index in [1.165, 1.54) is 25.3 Å². The summed E-state index contributed by atoms with van der Waals surface area (Å²) < 4.78 is 100. The Labute approximate surface area is 362 Å². The van der Waals surface area contributed by atoms with Crippen LogP contribution in [0.2, 0.25) is 5.02 Å². The van der Waals surface area contributed by atoms with Crippen LogP contribution in [0.5, 0.6) is 5.75 Å². The monoisotopic (exact) mass is 912 g/mol. The van der Waals surface area contributed by atoms with Gasteiger partial charge in [0.05, 0.1) is 57.1 Å². The first-order chi connectivity index (χ1) is 29.9. The average Bonchev–Trinajstić information content (AvgIpc) is 3.92. The van der Waals surface area contributed by atoms with Gasteiger partial charge in [0.1, 0.15) is 35.6 Å². The smallest absolute Gasteiger partial charge is 0.405 e. The van der Waals surface area contributed by atoms with E-state index in [4.69, 9.17) is 31.0 Å². The van der Waals surface area contributed by atoms with Gasteiger partial charge in [0, 0.05) is 25.6 Å². The number of carboxylic acid groups (broad SMARTS) is 1. The van der Waals surface area contributed by atoms with E-state index in [9.17, 15) is 40.7 Å². The Bertz CT molecular complexity index is 2880. The molecule has 3 aromatic carbocycles. The van der Waals surface area contributed by atoms with Crippen molar-refractivity contribution in [3.63, 3.8) is 0 Å². The summed E-state index contributed by atoms with van der Waals surface area (Å²) in [6.07, 6.45) is -4.73. The van der Waals surface area contributed by atoms with Crippen molar-refractivity contribution < 1.29 is 45.4 Å². The van der Waals surface area contributed by atoms with E-state index in [0.717, 1.165) is 21.4 Å². The largest absolute Gasteiger partial charge is 0.497 e. The Morgan fingerprint density at radius 1 is 1.00 bits per heavy atom. The summed E-state index contributed by atoms with van der Waals surface area (Å²) in [5.74, 6) is -1.63. The standard InChI is InChI=1S/C42H41ClF4N8O7S/c1-22-19-53(20-23(2)62-22)34-11-8-29-37(49-34)50-39(31(48-41(57)58)16-25-14-26(44)17-27(45)15-25)55(40(29)56)32-10-9-30(43)35-36(32)54(21-33(46)47)51-38(35)52-63(59,60)42(12-13-42)18-24-4-6-28(61-3)7-5-24/h4-11,14-15,17,22-23,31,33,48H,12-13,16,18-21H2,1-3H3,(H,51,52)(H,57,58)/t22-,23+,31-/m0/s1. The van der Waals surface area contributed by atoms with Gasteiger partial charge in [-0.15, -0.1) is 0 Å². The second-order valence-electron chi connectivity index (χ2n) is 15.8. The second-order valence-corrected chi connectivity index (χ2v) is 18.3. The molecule has 8 rings (SSSR count). The zero-order chi connectivity index (χ0) is 45.0. The minimum absolute atomic E-state index is 0.0190. The number of hydrogen-bond acceptors (Lipinski definition) is 10. The van der Waals surface area contributed by atoms with Gasteiger partial charge in [-0.1, -0.05) is 23.7 Å². The molecule has 2 aliphatic rings. The first-order valence-corrected chi connectivity index (χ1v) is 21.7. The number of hydrogen-bond donors (Lipinski definition) is 3. The van der Waals surface area contributed by atoms with Crippen LogP contribution in [-0.4, -0.2) is 87.5 Å². The van der Waals surface area contributed by atoms with Crippen molar-refractivity contribution in [2.45, 2.75) is 75.5 Å². The van der Waals surface area contributed by atoms with Crippen LogP contribution in [0.25, 0.3) is 27.6 Å². The quantitative estimate of drug-likeness (QED) is 0.0956. The number of amides is 1. The molecule has 21 heteroatoms. The fraction of sp³-hybridized carbons (Fsp3) is 0.357. The number of benzene rings is 3. The Morgan fingerprint density at radius 2 is 1.68 bits per heavy atom. The topological polar surface area (TPSA) is 183 Å². The highest BCUT2D eigenvalue weighted by Crippen LogP contribution is 2.48. The Hall–Kier alpha value is -5.99. The number of rotatable bonds is 14. The fourth-order valence-corrected chi connectivity index (χ4v) is 10.1. The predicted octanol–water partition coefficient (Wildman–Crippen LogP) is 7.02. The van der Waals surface area contributed by atoms with Crippen LogP contribution in [0.3, 0.4) is 0 Å².